The number of carbonyl (C=O) groups excluding carboxylic acids is 1. The van der Waals surface area contributed by atoms with E-state index >= 15 is 0 Å². The highest BCUT2D eigenvalue weighted by Gasteiger charge is 2.06. The molecule has 0 aromatic heterocycles. The van der Waals surface area contributed by atoms with E-state index in [4.69, 9.17) is 4.74 Å². The molecule has 0 bridgehead atoms. The van der Waals surface area contributed by atoms with E-state index in [9.17, 15) is 13.2 Å². The SMILES string of the molecule is CCOC(=O)Nc1ccc(NS(=O)(=O)/C=C/c2ccccc2)cc1. The van der Waals surface area contributed by atoms with E-state index in [0.717, 1.165) is 11.0 Å². The van der Waals surface area contributed by atoms with Gasteiger partial charge in [-0.2, -0.15) is 0 Å². The summed E-state index contributed by atoms with van der Waals surface area (Å²) in [7, 11) is -3.62. The molecule has 0 aliphatic heterocycles. The lowest BCUT2D eigenvalue weighted by atomic mass is 10.2. The van der Waals surface area contributed by atoms with Crippen LogP contribution in [0, 0.1) is 0 Å². The molecule has 0 saturated carbocycles. The maximum Gasteiger partial charge on any atom is 0.411 e. The summed E-state index contributed by atoms with van der Waals surface area (Å²) < 4.78 is 31.3. The molecular formula is C17H18N2O4S. The van der Waals surface area contributed by atoms with E-state index in [0.29, 0.717) is 11.4 Å². The first-order valence-corrected chi connectivity index (χ1v) is 8.83. The lowest BCUT2D eigenvalue weighted by Crippen LogP contribution is -2.13. The smallest absolute Gasteiger partial charge is 0.411 e. The minimum atomic E-state index is -3.62. The van der Waals surface area contributed by atoms with E-state index in [-0.39, 0.29) is 6.61 Å². The average Bonchev–Trinajstić information content (AvgIpc) is 2.56. The van der Waals surface area contributed by atoms with Crippen molar-refractivity contribution in [2.45, 2.75) is 6.92 Å². The fraction of sp³-hybridized carbons (Fsp3) is 0.118. The molecule has 0 atom stereocenters. The van der Waals surface area contributed by atoms with Crippen molar-refractivity contribution in [3.8, 4) is 0 Å². The second-order valence-corrected chi connectivity index (χ2v) is 6.35. The van der Waals surface area contributed by atoms with Gasteiger partial charge in [-0.25, -0.2) is 13.2 Å². The first kappa shape index (κ1) is 17.6. The number of carbonyl (C=O) groups is 1. The van der Waals surface area contributed by atoms with E-state index < -0.39 is 16.1 Å². The molecule has 2 aromatic rings. The van der Waals surface area contributed by atoms with Gasteiger partial charge in [-0.3, -0.25) is 10.0 Å². The largest absolute Gasteiger partial charge is 0.450 e. The van der Waals surface area contributed by atoms with Crippen LogP contribution in [0.15, 0.2) is 60.0 Å². The van der Waals surface area contributed by atoms with Gasteiger partial charge in [-0.1, -0.05) is 30.3 Å². The van der Waals surface area contributed by atoms with Gasteiger partial charge in [-0.15, -0.1) is 0 Å². The lowest BCUT2D eigenvalue weighted by Gasteiger charge is -2.07. The minimum absolute atomic E-state index is 0.275. The fourth-order valence-electron chi connectivity index (χ4n) is 1.84. The average molecular weight is 346 g/mol. The third kappa shape index (κ3) is 5.77. The molecular weight excluding hydrogens is 328 g/mol. The summed E-state index contributed by atoms with van der Waals surface area (Å²) in [5.74, 6) is 0. The summed E-state index contributed by atoms with van der Waals surface area (Å²) in [6, 6.07) is 15.4. The molecule has 0 saturated heterocycles. The van der Waals surface area contributed by atoms with E-state index in [2.05, 4.69) is 10.0 Å². The van der Waals surface area contributed by atoms with Crippen LogP contribution in [-0.2, 0) is 14.8 Å². The van der Waals surface area contributed by atoms with Crippen LogP contribution in [0.4, 0.5) is 16.2 Å². The van der Waals surface area contributed by atoms with Gasteiger partial charge in [0.1, 0.15) is 0 Å². The van der Waals surface area contributed by atoms with Gasteiger partial charge >= 0.3 is 6.09 Å². The molecule has 2 aromatic carbocycles. The number of hydrogen-bond acceptors (Lipinski definition) is 4. The van der Waals surface area contributed by atoms with Crippen molar-refractivity contribution < 1.29 is 17.9 Å². The van der Waals surface area contributed by atoms with Crippen molar-refractivity contribution in [2.24, 2.45) is 0 Å². The summed E-state index contributed by atoms with van der Waals surface area (Å²) in [5.41, 5.74) is 1.69. The normalized spacial score (nSPS) is 11.2. The molecule has 126 valence electrons. The molecule has 2 rings (SSSR count). The lowest BCUT2D eigenvalue weighted by molar-refractivity contribution is 0.168. The van der Waals surface area contributed by atoms with Crippen LogP contribution >= 0.6 is 0 Å². The molecule has 0 aliphatic carbocycles. The Labute approximate surface area is 141 Å². The number of sulfonamides is 1. The summed E-state index contributed by atoms with van der Waals surface area (Å²) in [5, 5.41) is 3.63. The topological polar surface area (TPSA) is 84.5 Å². The standard InChI is InChI=1S/C17H18N2O4S/c1-2-23-17(20)18-15-8-10-16(11-9-15)19-24(21,22)13-12-14-6-4-3-5-7-14/h3-13,19H,2H2,1H3,(H,18,20)/b13-12+. The molecule has 0 unspecified atom stereocenters. The highest BCUT2D eigenvalue weighted by atomic mass is 32.2. The molecule has 0 radical (unpaired) electrons. The number of amides is 1. The molecule has 6 nitrogen and oxygen atoms in total. The van der Waals surface area contributed by atoms with Crippen LogP contribution < -0.4 is 10.0 Å². The Morgan fingerprint density at radius 3 is 2.29 bits per heavy atom. The van der Waals surface area contributed by atoms with Crippen molar-refractivity contribution >= 4 is 33.6 Å². The quantitative estimate of drug-likeness (QED) is 0.836. The van der Waals surface area contributed by atoms with Crippen molar-refractivity contribution in [1.29, 1.82) is 0 Å². The number of anilines is 2. The Morgan fingerprint density at radius 1 is 1.04 bits per heavy atom. The molecule has 0 fully saturated rings. The Morgan fingerprint density at radius 2 is 1.67 bits per heavy atom. The van der Waals surface area contributed by atoms with E-state index in [1.807, 2.05) is 30.3 Å². The maximum atomic E-state index is 12.0. The Balaban J connectivity index is 1.99. The van der Waals surface area contributed by atoms with Crippen LogP contribution in [0.5, 0.6) is 0 Å². The zero-order valence-corrected chi connectivity index (χ0v) is 13.9. The van der Waals surface area contributed by atoms with Crippen LogP contribution in [0.3, 0.4) is 0 Å². The van der Waals surface area contributed by atoms with Gasteiger partial charge in [0, 0.05) is 11.4 Å². The van der Waals surface area contributed by atoms with Crippen molar-refractivity contribution in [1.82, 2.24) is 0 Å². The number of ether oxygens (including phenoxy) is 1. The van der Waals surface area contributed by atoms with Crippen LogP contribution in [-0.4, -0.2) is 21.1 Å². The van der Waals surface area contributed by atoms with Crippen molar-refractivity contribution in [3.05, 3.63) is 65.6 Å². The highest BCUT2D eigenvalue weighted by molar-refractivity contribution is 7.95. The van der Waals surface area contributed by atoms with Crippen molar-refractivity contribution in [3.63, 3.8) is 0 Å². The number of rotatable bonds is 6. The molecule has 7 heteroatoms. The fourth-order valence-corrected chi connectivity index (χ4v) is 2.71. The summed E-state index contributed by atoms with van der Waals surface area (Å²) in [6.07, 6.45) is 0.954. The van der Waals surface area contributed by atoms with Crippen LogP contribution in [0.2, 0.25) is 0 Å². The highest BCUT2D eigenvalue weighted by Crippen LogP contribution is 2.16. The second-order valence-electron chi connectivity index (χ2n) is 4.78. The third-order valence-corrected chi connectivity index (χ3v) is 3.92. The summed E-state index contributed by atoms with van der Waals surface area (Å²) in [6.45, 7) is 1.98. The Hall–Kier alpha value is -2.80. The molecule has 1 amide bonds. The number of benzene rings is 2. The Bertz CT molecular complexity index is 800. The predicted octanol–water partition coefficient (Wildman–Crippen LogP) is 3.67. The first-order chi connectivity index (χ1) is 11.5. The third-order valence-electron chi connectivity index (χ3n) is 2.91. The zero-order chi connectivity index (χ0) is 17.4. The van der Waals surface area contributed by atoms with Crippen LogP contribution in [0.25, 0.3) is 6.08 Å². The molecule has 2 N–H and O–H groups in total. The zero-order valence-electron chi connectivity index (χ0n) is 13.1. The monoisotopic (exact) mass is 346 g/mol. The van der Waals surface area contributed by atoms with Gasteiger partial charge < -0.3 is 4.74 Å². The van der Waals surface area contributed by atoms with Gasteiger partial charge in [0.05, 0.1) is 12.0 Å². The summed E-state index contributed by atoms with van der Waals surface area (Å²) in [4.78, 5) is 11.3. The first-order valence-electron chi connectivity index (χ1n) is 7.28. The maximum absolute atomic E-state index is 12.0. The number of hydrogen-bond donors (Lipinski definition) is 2. The number of nitrogens with one attached hydrogen (secondary N) is 2. The predicted molar refractivity (Wildman–Crippen MR) is 95.1 cm³/mol. The molecule has 0 spiro atoms. The van der Waals surface area contributed by atoms with Crippen LogP contribution in [0.1, 0.15) is 12.5 Å². The van der Waals surface area contributed by atoms with E-state index in [1.165, 1.54) is 6.08 Å². The second kappa shape index (κ2) is 8.16. The van der Waals surface area contributed by atoms with Gasteiger partial charge in [0.15, 0.2) is 0 Å². The molecule has 24 heavy (non-hydrogen) atoms. The molecule has 0 aliphatic rings. The molecule has 0 heterocycles. The van der Waals surface area contributed by atoms with E-state index in [1.54, 1.807) is 31.2 Å². The summed E-state index contributed by atoms with van der Waals surface area (Å²) >= 11 is 0. The van der Waals surface area contributed by atoms with Gasteiger partial charge in [0.25, 0.3) is 10.0 Å². The van der Waals surface area contributed by atoms with Gasteiger partial charge in [-0.05, 0) is 42.8 Å². The minimum Gasteiger partial charge on any atom is -0.450 e. The van der Waals surface area contributed by atoms with Crippen molar-refractivity contribution in [2.75, 3.05) is 16.6 Å². The van der Waals surface area contributed by atoms with Gasteiger partial charge in [0.2, 0.25) is 0 Å². The Kier molecular flexibility index (Phi) is 5.97.